The highest BCUT2D eigenvalue weighted by atomic mass is 19.2. The Morgan fingerprint density at radius 1 is 0.917 bits per heavy atom. The zero-order valence-electron chi connectivity index (χ0n) is 14.3. The van der Waals surface area contributed by atoms with Crippen molar-refractivity contribution in [3.8, 4) is 16.9 Å². The molecule has 0 aliphatic rings. The summed E-state index contributed by atoms with van der Waals surface area (Å²) in [6.07, 6.45) is 8.27. The summed E-state index contributed by atoms with van der Waals surface area (Å²) < 4.78 is 33.7. The fourth-order valence-electron chi connectivity index (χ4n) is 2.50. The van der Waals surface area contributed by atoms with Crippen LogP contribution in [0.5, 0.6) is 5.75 Å². The van der Waals surface area contributed by atoms with E-state index >= 15 is 0 Å². The van der Waals surface area contributed by atoms with Gasteiger partial charge in [-0.25, -0.2) is 4.39 Å². The van der Waals surface area contributed by atoms with Gasteiger partial charge in [0.2, 0.25) is 5.82 Å². The van der Waals surface area contributed by atoms with Crippen LogP contribution in [0.1, 0.15) is 45.1 Å². The van der Waals surface area contributed by atoms with Crippen molar-refractivity contribution in [3.63, 3.8) is 0 Å². The van der Waals surface area contributed by atoms with Gasteiger partial charge in [-0.05, 0) is 48.6 Å². The molecule has 0 spiro atoms. The normalized spacial score (nSPS) is 11.2. The van der Waals surface area contributed by atoms with Crippen LogP contribution in [0, 0.1) is 11.6 Å². The molecule has 0 amide bonds. The van der Waals surface area contributed by atoms with Gasteiger partial charge in [0.25, 0.3) is 0 Å². The Morgan fingerprint density at radius 2 is 1.67 bits per heavy atom. The van der Waals surface area contributed by atoms with E-state index in [1.807, 2.05) is 30.3 Å². The van der Waals surface area contributed by atoms with Crippen molar-refractivity contribution in [2.24, 2.45) is 0 Å². The molecule has 0 aromatic heterocycles. The van der Waals surface area contributed by atoms with Gasteiger partial charge in [0.15, 0.2) is 11.6 Å². The number of halogens is 2. The Labute approximate surface area is 143 Å². The Bertz CT molecular complexity index is 675. The van der Waals surface area contributed by atoms with E-state index in [1.165, 1.54) is 17.9 Å². The summed E-state index contributed by atoms with van der Waals surface area (Å²) in [5, 5.41) is 0. The molecule has 0 radical (unpaired) electrons. The van der Waals surface area contributed by atoms with Crippen molar-refractivity contribution in [2.75, 3.05) is 0 Å². The second-order valence-electron chi connectivity index (χ2n) is 5.82. The van der Waals surface area contributed by atoms with Crippen molar-refractivity contribution in [1.29, 1.82) is 0 Å². The smallest absolute Gasteiger partial charge is 0.201 e. The van der Waals surface area contributed by atoms with Gasteiger partial charge in [-0.2, -0.15) is 4.39 Å². The molecule has 0 heterocycles. The second kappa shape index (κ2) is 9.21. The molecule has 2 aromatic carbocycles. The van der Waals surface area contributed by atoms with Crippen LogP contribution in [-0.4, -0.2) is 0 Å². The average molecular weight is 330 g/mol. The van der Waals surface area contributed by atoms with Crippen LogP contribution in [0.2, 0.25) is 0 Å². The van der Waals surface area contributed by atoms with Crippen LogP contribution in [0.4, 0.5) is 8.78 Å². The fourth-order valence-corrected chi connectivity index (χ4v) is 2.50. The molecule has 0 saturated heterocycles. The van der Waals surface area contributed by atoms with E-state index < -0.39 is 11.6 Å². The maximum Gasteiger partial charge on any atom is 0.201 e. The van der Waals surface area contributed by atoms with E-state index in [-0.39, 0.29) is 11.3 Å². The molecule has 0 aliphatic heterocycles. The van der Waals surface area contributed by atoms with E-state index in [9.17, 15) is 8.78 Å². The van der Waals surface area contributed by atoms with Crippen molar-refractivity contribution in [2.45, 2.75) is 46.0 Å². The summed E-state index contributed by atoms with van der Waals surface area (Å²) in [4.78, 5) is 0. The van der Waals surface area contributed by atoms with Gasteiger partial charge in [0, 0.05) is 5.56 Å². The monoisotopic (exact) mass is 330 g/mol. The Morgan fingerprint density at radius 3 is 2.33 bits per heavy atom. The number of hydrogen-bond acceptors (Lipinski definition) is 1. The third-order valence-electron chi connectivity index (χ3n) is 3.87. The third-order valence-corrected chi connectivity index (χ3v) is 3.87. The molecule has 2 rings (SSSR count). The van der Waals surface area contributed by atoms with Gasteiger partial charge in [0.1, 0.15) is 0 Å². The maximum absolute atomic E-state index is 14.3. The van der Waals surface area contributed by atoms with Crippen molar-refractivity contribution >= 4 is 0 Å². The fraction of sp³-hybridized carbons (Fsp3) is 0.333. The number of allylic oxidation sites excluding steroid dienone is 1. The van der Waals surface area contributed by atoms with Crippen molar-refractivity contribution in [3.05, 3.63) is 65.9 Å². The maximum atomic E-state index is 14.3. The molecule has 1 nitrogen and oxygen atoms in total. The number of hydrogen-bond donors (Lipinski definition) is 0. The molecule has 0 fully saturated rings. The Hall–Kier alpha value is -2.16. The second-order valence-corrected chi connectivity index (χ2v) is 5.82. The van der Waals surface area contributed by atoms with E-state index in [0.29, 0.717) is 5.56 Å². The molecule has 2 aromatic rings. The molecular weight excluding hydrogens is 306 g/mol. The quantitative estimate of drug-likeness (QED) is 0.388. The van der Waals surface area contributed by atoms with Gasteiger partial charge in [-0.3, -0.25) is 0 Å². The molecule has 3 heteroatoms. The van der Waals surface area contributed by atoms with E-state index in [0.717, 1.165) is 32.1 Å². The summed E-state index contributed by atoms with van der Waals surface area (Å²) in [6, 6.07) is 10.6. The molecule has 128 valence electrons. The van der Waals surface area contributed by atoms with Gasteiger partial charge >= 0.3 is 0 Å². The zero-order chi connectivity index (χ0) is 17.4. The van der Waals surface area contributed by atoms with Crippen LogP contribution < -0.4 is 4.74 Å². The number of rotatable bonds is 8. The van der Waals surface area contributed by atoms with Crippen LogP contribution in [0.3, 0.4) is 0 Å². The van der Waals surface area contributed by atoms with Gasteiger partial charge < -0.3 is 4.74 Å². The molecule has 24 heavy (non-hydrogen) atoms. The van der Waals surface area contributed by atoms with Gasteiger partial charge in [-0.1, -0.05) is 51.0 Å². The van der Waals surface area contributed by atoms with Crippen LogP contribution >= 0.6 is 0 Å². The molecule has 0 unspecified atom stereocenters. The van der Waals surface area contributed by atoms with E-state index in [1.54, 1.807) is 6.07 Å². The highest BCUT2D eigenvalue weighted by Crippen LogP contribution is 2.30. The topological polar surface area (TPSA) is 9.23 Å². The first kappa shape index (κ1) is 18.2. The van der Waals surface area contributed by atoms with Gasteiger partial charge in [0.05, 0.1) is 6.26 Å². The van der Waals surface area contributed by atoms with Crippen LogP contribution in [0.25, 0.3) is 11.1 Å². The van der Waals surface area contributed by atoms with Crippen LogP contribution in [-0.2, 0) is 6.42 Å². The number of benzene rings is 2. The lowest BCUT2D eigenvalue weighted by Crippen LogP contribution is -1.95. The first-order valence-electron chi connectivity index (χ1n) is 8.56. The number of unbranched alkanes of at least 4 members (excludes halogenated alkanes) is 2. The zero-order valence-corrected chi connectivity index (χ0v) is 14.3. The summed E-state index contributed by atoms with van der Waals surface area (Å²) >= 11 is 0. The number of aryl methyl sites for hydroxylation is 1. The highest BCUT2D eigenvalue weighted by molar-refractivity contribution is 5.65. The minimum Gasteiger partial charge on any atom is -0.462 e. The lowest BCUT2D eigenvalue weighted by Gasteiger charge is -2.09. The summed E-state index contributed by atoms with van der Waals surface area (Å²) in [7, 11) is 0. The molecule has 0 aliphatic carbocycles. The first-order chi connectivity index (χ1) is 11.7. The number of ether oxygens (including phenoxy) is 1. The Balaban J connectivity index is 2.15. The summed E-state index contributed by atoms with van der Waals surface area (Å²) in [5.41, 5.74) is 2.11. The molecule has 0 bridgehead atoms. The van der Waals surface area contributed by atoms with E-state index in [2.05, 4.69) is 13.8 Å². The highest BCUT2D eigenvalue weighted by Gasteiger charge is 2.15. The molecule has 0 N–H and O–H groups in total. The summed E-state index contributed by atoms with van der Waals surface area (Å²) in [5.74, 6) is -1.92. The van der Waals surface area contributed by atoms with Crippen molar-refractivity contribution in [1.82, 2.24) is 0 Å². The summed E-state index contributed by atoms with van der Waals surface area (Å²) in [6.45, 7) is 4.20. The Kier molecular flexibility index (Phi) is 6.98. The predicted octanol–water partition coefficient (Wildman–Crippen LogP) is 6.67. The minimum atomic E-state index is -0.953. The predicted molar refractivity (Wildman–Crippen MR) is 95.1 cm³/mol. The van der Waals surface area contributed by atoms with E-state index in [4.69, 9.17) is 4.74 Å². The minimum absolute atomic E-state index is 0.0911. The van der Waals surface area contributed by atoms with Crippen LogP contribution in [0.15, 0.2) is 48.7 Å². The standard InChI is InChI=1S/C21H24F2O/c1-3-5-6-7-15-24-19-14-13-18(20(22)21(19)23)17-11-9-16(8-4-2)10-12-17/h7,9-15H,3-6,8H2,1-2H3/b15-7+. The molecule has 0 saturated carbocycles. The lowest BCUT2D eigenvalue weighted by molar-refractivity contribution is 0.414. The SMILES string of the molecule is CCCC/C=C/Oc1ccc(-c2ccc(CCC)cc2)c(F)c1F. The third kappa shape index (κ3) is 4.67. The average Bonchev–Trinajstić information content (AvgIpc) is 2.60. The molecular formula is C21H24F2O. The molecule has 0 atom stereocenters. The largest absolute Gasteiger partial charge is 0.462 e. The first-order valence-corrected chi connectivity index (χ1v) is 8.56. The van der Waals surface area contributed by atoms with Crippen molar-refractivity contribution < 1.29 is 13.5 Å². The lowest BCUT2D eigenvalue weighted by atomic mass is 10.0. The van der Waals surface area contributed by atoms with Gasteiger partial charge in [-0.15, -0.1) is 0 Å².